The summed E-state index contributed by atoms with van der Waals surface area (Å²) >= 11 is 3.41. The Labute approximate surface area is 229 Å². The number of ether oxygens (including phenoxy) is 3. The van der Waals surface area contributed by atoms with Crippen LogP contribution in [0.5, 0.6) is 17.2 Å². The van der Waals surface area contributed by atoms with Gasteiger partial charge in [0, 0.05) is 10.0 Å². The molecule has 4 rings (SSSR count). The van der Waals surface area contributed by atoms with Crippen molar-refractivity contribution in [3.05, 3.63) is 124 Å². The van der Waals surface area contributed by atoms with E-state index >= 15 is 0 Å². The summed E-state index contributed by atoms with van der Waals surface area (Å²) in [6.07, 6.45) is 1.41. The molecule has 0 aromatic heterocycles. The summed E-state index contributed by atoms with van der Waals surface area (Å²) in [4.78, 5) is 25.5. The number of hydrazone groups is 1. The molecule has 0 aliphatic heterocycles. The first-order valence-electron chi connectivity index (χ1n) is 11.9. The van der Waals surface area contributed by atoms with Crippen LogP contribution in [0.3, 0.4) is 0 Å². The first-order chi connectivity index (χ1) is 18.5. The van der Waals surface area contributed by atoms with E-state index in [0.717, 1.165) is 10.0 Å². The number of esters is 1. The van der Waals surface area contributed by atoms with Gasteiger partial charge >= 0.3 is 5.97 Å². The average molecular weight is 573 g/mol. The molecule has 0 saturated heterocycles. The Bertz CT molecular complexity index is 1420. The fraction of sp³-hybridized carbons (Fsp3) is 0.100. The summed E-state index contributed by atoms with van der Waals surface area (Å²) in [5.74, 6) is 0.433. The number of benzene rings is 4. The zero-order valence-corrected chi connectivity index (χ0v) is 22.2. The Morgan fingerprint density at radius 2 is 1.61 bits per heavy atom. The fourth-order valence-corrected chi connectivity index (χ4v) is 3.84. The van der Waals surface area contributed by atoms with E-state index in [-0.39, 0.29) is 5.75 Å². The molecule has 38 heavy (non-hydrogen) atoms. The van der Waals surface area contributed by atoms with Crippen molar-refractivity contribution in [3.8, 4) is 17.2 Å². The maximum absolute atomic E-state index is 12.8. The van der Waals surface area contributed by atoms with Gasteiger partial charge in [0.25, 0.3) is 5.91 Å². The van der Waals surface area contributed by atoms with E-state index in [1.54, 1.807) is 66.7 Å². The smallest absolute Gasteiger partial charge is 0.343 e. The summed E-state index contributed by atoms with van der Waals surface area (Å²) in [7, 11) is 0. The van der Waals surface area contributed by atoms with Crippen molar-refractivity contribution >= 4 is 34.0 Å². The minimum Gasteiger partial charge on any atom is -0.494 e. The van der Waals surface area contributed by atoms with E-state index < -0.39 is 11.9 Å². The molecule has 1 amide bonds. The number of nitrogens with zero attached hydrogens (tertiary/aromatic N) is 1. The second kappa shape index (κ2) is 13.2. The van der Waals surface area contributed by atoms with Crippen LogP contribution >= 0.6 is 15.9 Å². The van der Waals surface area contributed by atoms with Gasteiger partial charge in [0.15, 0.2) is 0 Å². The number of amides is 1. The highest BCUT2D eigenvalue weighted by Gasteiger charge is 2.14. The quantitative estimate of drug-likeness (QED) is 0.103. The van der Waals surface area contributed by atoms with Gasteiger partial charge in [-0.1, -0.05) is 58.4 Å². The molecule has 0 saturated carbocycles. The summed E-state index contributed by atoms with van der Waals surface area (Å²) in [5.41, 5.74) is 4.72. The molecule has 0 aliphatic carbocycles. The van der Waals surface area contributed by atoms with Gasteiger partial charge in [0.05, 0.1) is 23.9 Å². The number of carbonyl (C=O) groups is 2. The first kappa shape index (κ1) is 26.6. The Morgan fingerprint density at radius 1 is 0.868 bits per heavy atom. The number of rotatable bonds is 10. The second-order valence-corrected chi connectivity index (χ2v) is 8.91. The van der Waals surface area contributed by atoms with Gasteiger partial charge in [-0.3, -0.25) is 4.79 Å². The summed E-state index contributed by atoms with van der Waals surface area (Å²) in [6, 6.07) is 28.4. The van der Waals surface area contributed by atoms with Gasteiger partial charge in [0.1, 0.15) is 23.9 Å². The molecule has 1 N–H and O–H groups in total. The monoisotopic (exact) mass is 572 g/mol. The van der Waals surface area contributed by atoms with Crippen LogP contribution in [-0.4, -0.2) is 24.7 Å². The van der Waals surface area contributed by atoms with Crippen LogP contribution in [0.4, 0.5) is 0 Å². The van der Waals surface area contributed by atoms with Crippen molar-refractivity contribution in [3.63, 3.8) is 0 Å². The van der Waals surface area contributed by atoms with Gasteiger partial charge < -0.3 is 14.2 Å². The molecule has 7 nitrogen and oxygen atoms in total. The third kappa shape index (κ3) is 7.30. The number of hydrogen-bond acceptors (Lipinski definition) is 6. The SMILES string of the molecule is CCOc1ccc(C(=O)Oc2ccc(Br)cc2/C=N\NC(=O)c2ccccc2OCc2ccccc2)cc1. The molecule has 4 aromatic rings. The fourth-order valence-electron chi connectivity index (χ4n) is 3.46. The van der Waals surface area contributed by atoms with Crippen LogP contribution in [0.2, 0.25) is 0 Å². The molecule has 0 fully saturated rings. The van der Waals surface area contributed by atoms with E-state index in [1.807, 2.05) is 37.3 Å². The van der Waals surface area contributed by atoms with Crippen molar-refractivity contribution in [2.45, 2.75) is 13.5 Å². The Balaban J connectivity index is 1.43. The second-order valence-electron chi connectivity index (χ2n) is 8.00. The lowest BCUT2D eigenvalue weighted by Crippen LogP contribution is -2.19. The molecule has 0 spiro atoms. The lowest BCUT2D eigenvalue weighted by Gasteiger charge is -2.11. The predicted molar refractivity (Wildman–Crippen MR) is 149 cm³/mol. The zero-order chi connectivity index (χ0) is 26.7. The Morgan fingerprint density at radius 3 is 2.37 bits per heavy atom. The molecular weight excluding hydrogens is 548 g/mol. The number of hydrogen-bond donors (Lipinski definition) is 1. The largest absolute Gasteiger partial charge is 0.494 e. The van der Waals surface area contributed by atoms with Crippen molar-refractivity contribution in [1.29, 1.82) is 0 Å². The van der Waals surface area contributed by atoms with Gasteiger partial charge in [0.2, 0.25) is 0 Å². The Hall–Kier alpha value is -4.43. The lowest BCUT2D eigenvalue weighted by molar-refractivity contribution is 0.0734. The van der Waals surface area contributed by atoms with E-state index in [4.69, 9.17) is 14.2 Å². The molecule has 0 atom stereocenters. The normalized spacial score (nSPS) is 10.7. The lowest BCUT2D eigenvalue weighted by atomic mass is 10.2. The maximum Gasteiger partial charge on any atom is 0.343 e. The van der Waals surface area contributed by atoms with Crippen LogP contribution in [0.15, 0.2) is 107 Å². The molecule has 192 valence electrons. The summed E-state index contributed by atoms with van der Waals surface area (Å²) in [6.45, 7) is 2.75. The van der Waals surface area contributed by atoms with Gasteiger partial charge in [-0.2, -0.15) is 5.10 Å². The molecule has 0 bridgehead atoms. The van der Waals surface area contributed by atoms with E-state index in [2.05, 4.69) is 26.5 Å². The molecular formula is C30H25BrN2O5. The minimum absolute atomic E-state index is 0.289. The van der Waals surface area contributed by atoms with Crippen molar-refractivity contribution in [2.75, 3.05) is 6.61 Å². The molecule has 4 aromatic carbocycles. The third-order valence-corrected chi connectivity index (χ3v) is 5.81. The van der Waals surface area contributed by atoms with Crippen LogP contribution in [0.25, 0.3) is 0 Å². The maximum atomic E-state index is 12.8. The van der Waals surface area contributed by atoms with E-state index in [9.17, 15) is 9.59 Å². The summed E-state index contributed by atoms with van der Waals surface area (Å²) < 4.78 is 17.6. The van der Waals surface area contributed by atoms with Crippen LogP contribution in [-0.2, 0) is 6.61 Å². The number of para-hydroxylation sites is 1. The standard InChI is InChI=1S/C30H25BrN2O5/c1-2-36-25-15-12-22(13-16-25)30(35)38-27-17-14-24(31)18-23(27)19-32-33-29(34)26-10-6-7-11-28(26)37-20-21-8-4-3-5-9-21/h3-19H,2,20H2,1H3,(H,33,34)/b32-19-. The first-order valence-corrected chi connectivity index (χ1v) is 12.7. The van der Waals surface area contributed by atoms with Crippen molar-refractivity contribution in [1.82, 2.24) is 5.43 Å². The van der Waals surface area contributed by atoms with E-state index in [1.165, 1.54) is 6.21 Å². The molecule has 0 radical (unpaired) electrons. The number of carbonyl (C=O) groups excluding carboxylic acids is 2. The van der Waals surface area contributed by atoms with Gasteiger partial charge in [-0.05, 0) is 67.1 Å². The number of nitrogens with one attached hydrogen (secondary N) is 1. The van der Waals surface area contributed by atoms with Crippen LogP contribution in [0.1, 0.15) is 38.8 Å². The topological polar surface area (TPSA) is 86.2 Å². The zero-order valence-electron chi connectivity index (χ0n) is 20.6. The predicted octanol–water partition coefficient (Wildman–Crippen LogP) is 6.41. The molecule has 0 unspecified atom stereocenters. The average Bonchev–Trinajstić information content (AvgIpc) is 2.94. The minimum atomic E-state index is -0.529. The molecule has 0 aliphatic rings. The van der Waals surface area contributed by atoms with Gasteiger partial charge in [-0.15, -0.1) is 0 Å². The van der Waals surface area contributed by atoms with Crippen molar-refractivity contribution < 1.29 is 23.8 Å². The summed E-state index contributed by atoms with van der Waals surface area (Å²) in [5, 5.41) is 4.08. The number of halogens is 1. The van der Waals surface area contributed by atoms with Gasteiger partial charge in [-0.25, -0.2) is 10.2 Å². The van der Waals surface area contributed by atoms with E-state index in [0.29, 0.717) is 41.4 Å². The third-order valence-electron chi connectivity index (χ3n) is 5.31. The highest BCUT2D eigenvalue weighted by Crippen LogP contribution is 2.24. The van der Waals surface area contributed by atoms with Crippen molar-refractivity contribution in [2.24, 2.45) is 5.10 Å². The van der Waals surface area contributed by atoms with Crippen LogP contribution < -0.4 is 19.6 Å². The Kier molecular flexibility index (Phi) is 9.26. The molecule has 8 heteroatoms. The highest BCUT2D eigenvalue weighted by atomic mass is 79.9. The van der Waals surface area contributed by atoms with Crippen LogP contribution in [0, 0.1) is 0 Å². The highest BCUT2D eigenvalue weighted by molar-refractivity contribution is 9.10. The molecule has 0 heterocycles.